The topological polar surface area (TPSA) is 85.2 Å². The fraction of sp³-hybridized carbons (Fsp3) is 0.816. The summed E-state index contributed by atoms with van der Waals surface area (Å²) in [4.78, 5) is 13.4. The van der Waals surface area contributed by atoms with Crippen LogP contribution in [-0.4, -0.2) is 51.5 Å². The molecular formula is C38H60O6. The van der Waals surface area contributed by atoms with Gasteiger partial charge in [-0.3, -0.25) is 4.79 Å². The molecule has 0 spiro atoms. The minimum Gasteiger partial charge on any atom is -0.392 e. The van der Waals surface area contributed by atoms with Gasteiger partial charge >= 0.3 is 0 Å². The Hall–Kier alpha value is -1.31. The molecule has 0 aromatic carbocycles. The number of fused-ring (bicyclic) bond motifs is 2. The Balaban J connectivity index is 1.19. The van der Waals surface area contributed by atoms with Crippen molar-refractivity contribution < 1.29 is 29.2 Å². The lowest BCUT2D eigenvalue weighted by molar-refractivity contribution is -0.424. The summed E-state index contributed by atoms with van der Waals surface area (Å²) >= 11 is 0. The standard InChI is InChI=1S/C38H60O6/c1-6-7-8-9-10-11-12-13-14-15-16-17-18-19-20-21-37-42-34-31-23-30(26-39)25-35(41)32(22-28(4)33(35)40)38(31,44-37)29(5)24-36(34,43-37)27(2)3/h22-23,29,31-32,34,39,41H,2,6-21,24-26H2,1,3-5H3/t29-,31+,32-,34+,35-,36-,37?,38-/m1/s1. The van der Waals surface area contributed by atoms with Gasteiger partial charge in [0.15, 0.2) is 5.78 Å². The number of rotatable bonds is 18. The molecule has 2 saturated heterocycles. The fourth-order valence-corrected chi connectivity index (χ4v) is 9.41. The molecule has 1 unspecified atom stereocenters. The predicted octanol–water partition coefficient (Wildman–Crippen LogP) is 8.26. The number of ketones is 1. The molecule has 3 aliphatic carbocycles. The van der Waals surface area contributed by atoms with Crippen molar-refractivity contribution in [2.75, 3.05) is 6.61 Å². The Bertz CT molecular complexity index is 1110. The summed E-state index contributed by atoms with van der Waals surface area (Å²) in [6.07, 6.45) is 24.5. The summed E-state index contributed by atoms with van der Waals surface area (Å²) in [6.45, 7) is 12.4. The summed E-state index contributed by atoms with van der Waals surface area (Å²) in [5.74, 6) is -2.35. The van der Waals surface area contributed by atoms with Crippen LogP contribution < -0.4 is 0 Å². The van der Waals surface area contributed by atoms with Gasteiger partial charge in [-0.25, -0.2) is 0 Å². The van der Waals surface area contributed by atoms with E-state index < -0.39 is 28.7 Å². The molecule has 8 atom stereocenters. The molecule has 0 aromatic heterocycles. The first-order valence-electron chi connectivity index (χ1n) is 18.1. The highest BCUT2D eigenvalue weighted by atomic mass is 16.9. The van der Waals surface area contributed by atoms with E-state index in [1.807, 2.05) is 19.1 Å². The Morgan fingerprint density at radius 1 is 0.932 bits per heavy atom. The number of carbonyl (C=O) groups is 1. The molecule has 2 heterocycles. The van der Waals surface area contributed by atoms with Crippen molar-refractivity contribution in [3.05, 3.63) is 35.5 Å². The average Bonchev–Trinajstić information content (AvgIpc) is 3.30. The highest BCUT2D eigenvalue weighted by Gasteiger charge is 2.78. The fourth-order valence-electron chi connectivity index (χ4n) is 9.41. The maximum Gasteiger partial charge on any atom is 0.284 e. The summed E-state index contributed by atoms with van der Waals surface area (Å²) in [5.41, 5.74) is -1.10. The third-order valence-electron chi connectivity index (χ3n) is 11.8. The van der Waals surface area contributed by atoms with Gasteiger partial charge in [0, 0.05) is 24.7 Å². The molecule has 0 aromatic rings. The minimum atomic E-state index is -1.64. The number of aliphatic hydroxyl groups is 2. The smallest absolute Gasteiger partial charge is 0.284 e. The third kappa shape index (κ3) is 5.96. The average molecular weight is 613 g/mol. The summed E-state index contributed by atoms with van der Waals surface area (Å²) in [6, 6.07) is 0. The van der Waals surface area contributed by atoms with Crippen molar-refractivity contribution in [3.63, 3.8) is 0 Å². The molecule has 0 radical (unpaired) electrons. The quantitative estimate of drug-likeness (QED) is 0.120. The van der Waals surface area contributed by atoms with E-state index in [2.05, 4.69) is 20.4 Å². The zero-order chi connectivity index (χ0) is 31.6. The second kappa shape index (κ2) is 13.8. The maximum absolute atomic E-state index is 13.4. The lowest BCUT2D eigenvalue weighted by Gasteiger charge is -2.59. The second-order valence-electron chi connectivity index (χ2n) is 15.0. The molecule has 3 bridgehead atoms. The van der Waals surface area contributed by atoms with Crippen LogP contribution in [-0.2, 0) is 19.0 Å². The van der Waals surface area contributed by atoms with E-state index in [-0.39, 0.29) is 36.8 Å². The van der Waals surface area contributed by atoms with Gasteiger partial charge in [0.2, 0.25) is 0 Å². The number of aliphatic hydroxyl groups excluding tert-OH is 1. The Kier molecular flexibility index (Phi) is 10.7. The molecule has 248 valence electrons. The van der Waals surface area contributed by atoms with Gasteiger partial charge in [0.1, 0.15) is 17.3 Å². The van der Waals surface area contributed by atoms with Crippen molar-refractivity contribution in [1.29, 1.82) is 0 Å². The molecule has 5 rings (SSSR count). The van der Waals surface area contributed by atoms with E-state index in [9.17, 15) is 15.0 Å². The van der Waals surface area contributed by atoms with Crippen LogP contribution in [0.4, 0.5) is 0 Å². The number of hydrogen-bond acceptors (Lipinski definition) is 6. The van der Waals surface area contributed by atoms with Crippen molar-refractivity contribution in [1.82, 2.24) is 0 Å². The first-order valence-corrected chi connectivity index (χ1v) is 18.1. The van der Waals surface area contributed by atoms with E-state index in [0.717, 1.165) is 18.4 Å². The van der Waals surface area contributed by atoms with Crippen LogP contribution in [0.25, 0.3) is 0 Å². The highest BCUT2D eigenvalue weighted by molar-refractivity contribution is 6.04. The molecule has 2 aliphatic heterocycles. The SMILES string of the molecule is C=C(C)[C@]12C[C@@H](C)[C@@]34OC(CCCCCCCCCCCCCCCCC)(O[C@H]1[C@@H]3C=C(CO)C[C@]1(O)C(=O)C(C)=C[C@@H]41)O2. The molecule has 1 saturated carbocycles. The van der Waals surface area contributed by atoms with Crippen molar-refractivity contribution in [2.24, 2.45) is 17.8 Å². The molecule has 44 heavy (non-hydrogen) atoms. The third-order valence-corrected chi connectivity index (χ3v) is 11.8. The van der Waals surface area contributed by atoms with E-state index in [1.54, 1.807) is 6.92 Å². The van der Waals surface area contributed by atoms with Crippen molar-refractivity contribution in [3.8, 4) is 0 Å². The lowest BCUT2D eigenvalue weighted by Crippen LogP contribution is -2.70. The van der Waals surface area contributed by atoms with Gasteiger partial charge in [-0.15, -0.1) is 0 Å². The Morgan fingerprint density at radius 2 is 1.50 bits per heavy atom. The van der Waals surface area contributed by atoms with Crippen LogP contribution in [0.15, 0.2) is 35.5 Å². The van der Waals surface area contributed by atoms with Crippen molar-refractivity contribution >= 4 is 5.78 Å². The molecule has 3 fully saturated rings. The molecule has 5 aliphatic rings. The highest BCUT2D eigenvalue weighted by Crippen LogP contribution is 2.68. The monoisotopic (exact) mass is 612 g/mol. The predicted molar refractivity (Wildman–Crippen MR) is 174 cm³/mol. The van der Waals surface area contributed by atoms with E-state index in [0.29, 0.717) is 24.0 Å². The molecule has 0 amide bonds. The van der Waals surface area contributed by atoms with Crippen LogP contribution in [0, 0.1) is 17.8 Å². The van der Waals surface area contributed by atoms with Gasteiger partial charge in [0.25, 0.3) is 5.97 Å². The number of hydrogen-bond donors (Lipinski definition) is 2. The van der Waals surface area contributed by atoms with Crippen molar-refractivity contribution in [2.45, 2.75) is 172 Å². The van der Waals surface area contributed by atoms with E-state index >= 15 is 0 Å². The lowest BCUT2D eigenvalue weighted by atomic mass is 9.55. The van der Waals surface area contributed by atoms with Gasteiger partial charge in [-0.05, 0) is 49.3 Å². The largest absolute Gasteiger partial charge is 0.392 e. The zero-order valence-corrected chi connectivity index (χ0v) is 28.1. The summed E-state index contributed by atoms with van der Waals surface area (Å²) in [7, 11) is 0. The molecule has 6 nitrogen and oxygen atoms in total. The van der Waals surface area contributed by atoms with Gasteiger partial charge < -0.3 is 24.4 Å². The number of Topliss-reactive ketones (excluding diaryl/α,β-unsaturated/α-hetero) is 1. The van der Waals surface area contributed by atoms with Gasteiger partial charge in [-0.2, -0.15) is 0 Å². The van der Waals surface area contributed by atoms with Crippen LogP contribution in [0.1, 0.15) is 143 Å². The van der Waals surface area contributed by atoms with Crippen LogP contribution in [0.5, 0.6) is 0 Å². The molecule has 6 heteroatoms. The van der Waals surface area contributed by atoms with Gasteiger partial charge in [0.05, 0.1) is 12.2 Å². The maximum atomic E-state index is 13.4. The normalized spacial score (nSPS) is 38.7. The minimum absolute atomic E-state index is 0.0342. The first-order chi connectivity index (χ1) is 21.1. The van der Waals surface area contributed by atoms with E-state index in [1.165, 1.54) is 83.5 Å². The first kappa shape index (κ1) is 34.0. The van der Waals surface area contributed by atoms with Gasteiger partial charge in [-0.1, -0.05) is 122 Å². The molecular weight excluding hydrogens is 552 g/mol. The Morgan fingerprint density at radius 3 is 2.05 bits per heavy atom. The summed E-state index contributed by atoms with van der Waals surface area (Å²) in [5, 5.41) is 22.3. The van der Waals surface area contributed by atoms with Crippen LogP contribution >= 0.6 is 0 Å². The number of unbranched alkanes of at least 4 members (excludes halogenated alkanes) is 14. The molecule has 2 N–H and O–H groups in total. The van der Waals surface area contributed by atoms with Crippen LogP contribution in [0.2, 0.25) is 0 Å². The van der Waals surface area contributed by atoms with E-state index in [4.69, 9.17) is 14.2 Å². The summed E-state index contributed by atoms with van der Waals surface area (Å²) < 4.78 is 20.8. The van der Waals surface area contributed by atoms with Crippen LogP contribution in [0.3, 0.4) is 0 Å². The number of ether oxygens (including phenoxy) is 3. The zero-order valence-electron chi connectivity index (χ0n) is 28.1. The number of carbonyl (C=O) groups excluding carboxylic acids is 1. The second-order valence-corrected chi connectivity index (χ2v) is 15.0. The Labute approximate surface area is 266 Å².